The van der Waals surface area contributed by atoms with Gasteiger partial charge in [-0.3, -0.25) is 4.48 Å². The summed E-state index contributed by atoms with van der Waals surface area (Å²) < 4.78 is 0.745. The van der Waals surface area contributed by atoms with E-state index in [2.05, 4.69) is 18.5 Å². The van der Waals surface area contributed by atoms with Crippen LogP contribution in [0.15, 0.2) is 17.6 Å². The molecule has 0 amide bonds. The Morgan fingerprint density at radius 3 is 1.76 bits per heavy atom. The molecule has 1 rings (SSSR count). The summed E-state index contributed by atoms with van der Waals surface area (Å²) in [5, 5.41) is 10.2. The lowest BCUT2D eigenvalue weighted by Gasteiger charge is -2.40. The van der Waals surface area contributed by atoms with Crippen molar-refractivity contribution in [3.63, 3.8) is 0 Å². The first-order chi connectivity index (χ1) is 14.2. The molecule has 3 nitrogen and oxygen atoms in total. The summed E-state index contributed by atoms with van der Waals surface area (Å²) in [4.78, 5) is 4.68. The molecule has 0 aliphatic carbocycles. The van der Waals surface area contributed by atoms with Gasteiger partial charge in [0.2, 0.25) is 0 Å². The Balaban J connectivity index is 1.85. The number of aliphatic imine (C=N–C) groups is 1. The maximum Gasteiger partial charge on any atom is 0.189 e. The van der Waals surface area contributed by atoms with E-state index >= 15 is 0 Å². The summed E-state index contributed by atoms with van der Waals surface area (Å²) >= 11 is 0. The molecule has 1 heterocycles. The lowest BCUT2D eigenvalue weighted by Crippen LogP contribution is -2.57. The highest BCUT2D eigenvalue weighted by Gasteiger charge is 2.41. The van der Waals surface area contributed by atoms with E-state index in [4.69, 9.17) is 0 Å². The lowest BCUT2D eigenvalue weighted by molar-refractivity contribution is -0.976. The molecule has 0 aromatic carbocycles. The van der Waals surface area contributed by atoms with Crippen LogP contribution >= 0.6 is 0 Å². The van der Waals surface area contributed by atoms with E-state index < -0.39 is 0 Å². The van der Waals surface area contributed by atoms with Crippen LogP contribution in [0, 0.1) is 0 Å². The predicted octanol–water partition coefficient (Wildman–Crippen LogP) is 7.39. The molecule has 1 N–H and O–H groups in total. The van der Waals surface area contributed by atoms with Crippen molar-refractivity contribution in [2.75, 3.05) is 13.1 Å². The fourth-order valence-electron chi connectivity index (χ4n) is 4.83. The van der Waals surface area contributed by atoms with Gasteiger partial charge in [0.15, 0.2) is 12.4 Å². The van der Waals surface area contributed by atoms with E-state index in [1.165, 1.54) is 103 Å². The topological polar surface area (TPSA) is 32.6 Å². The van der Waals surface area contributed by atoms with Crippen LogP contribution in [0.25, 0.3) is 0 Å². The first-order valence-electron chi connectivity index (χ1n) is 12.8. The van der Waals surface area contributed by atoms with Gasteiger partial charge < -0.3 is 5.11 Å². The van der Waals surface area contributed by atoms with E-state index in [0.717, 1.165) is 24.0 Å². The average Bonchev–Trinajstić information content (AvgIpc) is 3.14. The Kier molecular flexibility index (Phi) is 15.5. The zero-order valence-electron chi connectivity index (χ0n) is 19.8. The normalized spacial score (nSPS) is 22.2. The second-order valence-electron chi connectivity index (χ2n) is 9.22. The highest BCUT2D eigenvalue weighted by molar-refractivity contribution is 5.60. The number of rotatable bonds is 20. The molecule has 0 saturated heterocycles. The molecular weight excluding hydrogens is 356 g/mol. The van der Waals surface area contributed by atoms with Crippen LogP contribution < -0.4 is 0 Å². The summed E-state index contributed by atoms with van der Waals surface area (Å²) in [7, 11) is 0. The highest BCUT2D eigenvalue weighted by atomic mass is 16.3. The van der Waals surface area contributed by atoms with Crippen molar-refractivity contribution in [1.82, 2.24) is 0 Å². The van der Waals surface area contributed by atoms with Gasteiger partial charge in [0.25, 0.3) is 0 Å². The number of nitrogens with zero attached hydrogens (tertiary/aromatic N) is 2. The summed E-state index contributed by atoms with van der Waals surface area (Å²) in [5.74, 6) is 0. The average molecular weight is 408 g/mol. The van der Waals surface area contributed by atoms with Gasteiger partial charge in [0.1, 0.15) is 6.54 Å². The van der Waals surface area contributed by atoms with Crippen LogP contribution in [0.5, 0.6) is 0 Å². The Morgan fingerprint density at radius 2 is 1.34 bits per heavy atom. The molecule has 0 radical (unpaired) electrons. The molecule has 3 atom stereocenters. The largest absolute Gasteiger partial charge is 0.345 e. The van der Waals surface area contributed by atoms with E-state index in [0.29, 0.717) is 0 Å². The predicted molar refractivity (Wildman–Crippen MR) is 128 cm³/mol. The minimum atomic E-state index is -0.310. The smallest absolute Gasteiger partial charge is 0.189 e. The van der Waals surface area contributed by atoms with Gasteiger partial charge in [-0.15, -0.1) is 6.58 Å². The van der Waals surface area contributed by atoms with Crippen LogP contribution in [0.1, 0.15) is 123 Å². The van der Waals surface area contributed by atoms with E-state index in [9.17, 15) is 5.11 Å². The third-order valence-corrected chi connectivity index (χ3v) is 7.00. The quantitative estimate of drug-likeness (QED) is 0.127. The summed E-state index contributed by atoms with van der Waals surface area (Å²) in [5.41, 5.74) is 0. The van der Waals surface area contributed by atoms with Gasteiger partial charge >= 0.3 is 0 Å². The second kappa shape index (κ2) is 17.1. The first kappa shape index (κ1) is 26.4. The molecule has 0 spiro atoms. The summed E-state index contributed by atoms with van der Waals surface area (Å²) in [6, 6.07) is 0. The molecule has 3 heteroatoms. The molecule has 3 unspecified atom stereocenters. The number of hydrogen-bond donors (Lipinski definition) is 1. The van der Waals surface area contributed by atoms with Crippen molar-refractivity contribution in [3.05, 3.63) is 12.7 Å². The van der Waals surface area contributed by atoms with Crippen molar-refractivity contribution >= 4 is 6.21 Å². The maximum atomic E-state index is 10.2. The first-order valence-corrected chi connectivity index (χ1v) is 12.8. The van der Waals surface area contributed by atoms with Crippen molar-refractivity contribution in [2.45, 2.75) is 135 Å². The van der Waals surface area contributed by atoms with Gasteiger partial charge in [-0.25, -0.2) is 4.99 Å². The number of allylic oxidation sites excluding steroid dienone is 1. The van der Waals surface area contributed by atoms with Crippen molar-refractivity contribution in [3.8, 4) is 0 Å². The Labute approximate surface area is 182 Å². The summed E-state index contributed by atoms with van der Waals surface area (Å²) in [6.07, 6.45) is 27.3. The highest BCUT2D eigenvalue weighted by Crippen LogP contribution is 2.26. The molecule has 170 valence electrons. The van der Waals surface area contributed by atoms with Gasteiger partial charge in [-0.1, -0.05) is 89.5 Å². The van der Waals surface area contributed by atoms with Gasteiger partial charge in [-0.05, 0) is 26.2 Å². The van der Waals surface area contributed by atoms with Crippen molar-refractivity contribution < 1.29 is 9.59 Å². The van der Waals surface area contributed by atoms with Crippen LogP contribution in [0.3, 0.4) is 0 Å². The third-order valence-electron chi connectivity index (χ3n) is 7.00. The Bertz CT molecular complexity index is 421. The number of hydrogen-bond acceptors (Lipinski definition) is 2. The molecule has 1 aliphatic heterocycles. The van der Waals surface area contributed by atoms with Gasteiger partial charge in [-0.2, -0.15) is 0 Å². The molecule has 29 heavy (non-hydrogen) atoms. The molecule has 1 aliphatic rings. The van der Waals surface area contributed by atoms with Crippen LogP contribution in [0.2, 0.25) is 0 Å². The van der Waals surface area contributed by atoms with Crippen molar-refractivity contribution in [1.29, 1.82) is 0 Å². The molecule has 0 saturated carbocycles. The zero-order chi connectivity index (χ0) is 21.2. The van der Waals surface area contributed by atoms with Gasteiger partial charge in [0.05, 0.1) is 12.8 Å². The number of unbranched alkanes of at least 4 members (excludes halogenated alkanes) is 15. The van der Waals surface area contributed by atoms with Crippen LogP contribution in [0.4, 0.5) is 0 Å². The SMILES string of the molecule is C=CCCCCCCCCCCCCCCCCCC1N=CC[N+]1(CC)C(C)O. The second-order valence-corrected chi connectivity index (χ2v) is 9.22. The third kappa shape index (κ3) is 10.8. The lowest BCUT2D eigenvalue weighted by atomic mass is 10.0. The molecule has 0 aromatic heterocycles. The van der Waals surface area contributed by atoms with Gasteiger partial charge in [0, 0.05) is 13.3 Å². The number of aliphatic hydroxyl groups is 1. The minimum absolute atomic E-state index is 0.284. The van der Waals surface area contributed by atoms with Crippen LogP contribution in [-0.2, 0) is 0 Å². The fourth-order valence-corrected chi connectivity index (χ4v) is 4.83. The standard InChI is InChI=1S/C26H51N2O/c1-4-6-7-8-9-10-11-12-13-14-15-16-17-18-19-20-21-22-26-27-23-24-28(26,5-2)25(3)29/h4,23,25-26,29H,1,5-22,24H2,2-3H3/q+1. The molecular formula is C26H51N2O+. The number of quaternary nitrogens is 1. The molecule has 0 aromatic rings. The number of aliphatic hydroxyl groups excluding tert-OH is 1. The monoisotopic (exact) mass is 407 g/mol. The van der Waals surface area contributed by atoms with E-state index in [1.807, 2.05) is 19.2 Å². The van der Waals surface area contributed by atoms with E-state index in [1.54, 1.807) is 0 Å². The Hall–Kier alpha value is -0.670. The Morgan fingerprint density at radius 1 is 0.897 bits per heavy atom. The fraction of sp³-hybridized carbons (Fsp3) is 0.885. The van der Waals surface area contributed by atoms with Crippen molar-refractivity contribution in [2.24, 2.45) is 4.99 Å². The van der Waals surface area contributed by atoms with E-state index in [-0.39, 0.29) is 12.4 Å². The zero-order valence-corrected chi connectivity index (χ0v) is 19.8. The summed E-state index contributed by atoms with van der Waals surface area (Å²) in [6.45, 7) is 9.76. The maximum absolute atomic E-state index is 10.2. The molecule has 0 bridgehead atoms. The van der Waals surface area contributed by atoms with Crippen LogP contribution in [-0.4, -0.2) is 41.3 Å². The minimum Gasteiger partial charge on any atom is -0.345 e. The molecule has 0 fully saturated rings.